The number of aryl methyl sites for hydroxylation is 1. The van der Waals surface area contributed by atoms with Crippen molar-refractivity contribution < 1.29 is 9.18 Å². The van der Waals surface area contributed by atoms with E-state index in [1.807, 2.05) is 19.1 Å². The van der Waals surface area contributed by atoms with Crippen molar-refractivity contribution in [2.24, 2.45) is 0 Å². The third-order valence-electron chi connectivity index (χ3n) is 2.35. The minimum atomic E-state index is -0.579. The van der Waals surface area contributed by atoms with Crippen molar-refractivity contribution in [3.63, 3.8) is 0 Å². The van der Waals surface area contributed by atoms with Gasteiger partial charge in [0.25, 0.3) is 5.91 Å². The summed E-state index contributed by atoms with van der Waals surface area (Å²) in [4.78, 5) is 15.4. The van der Waals surface area contributed by atoms with Crippen LogP contribution in [0.2, 0.25) is 0 Å². The topological polar surface area (TPSA) is 42.0 Å². The number of pyridine rings is 1. The minimum absolute atomic E-state index is 0.268. The Kier molecular flexibility index (Phi) is 3.72. The SMILES string of the molecule is Cc1ccc(C(=O)Nc2ccc(F)nc2)c(Br)c1. The number of benzene rings is 1. The number of aromatic nitrogens is 1. The van der Waals surface area contributed by atoms with Gasteiger partial charge in [0, 0.05) is 4.47 Å². The highest BCUT2D eigenvalue weighted by Gasteiger charge is 2.10. The lowest BCUT2D eigenvalue weighted by atomic mass is 10.1. The van der Waals surface area contributed by atoms with Crippen molar-refractivity contribution in [1.82, 2.24) is 4.98 Å². The summed E-state index contributed by atoms with van der Waals surface area (Å²) in [6.45, 7) is 1.94. The molecule has 92 valence electrons. The number of nitrogens with zero attached hydrogens (tertiary/aromatic N) is 1. The Morgan fingerprint density at radius 3 is 2.72 bits per heavy atom. The van der Waals surface area contributed by atoms with Gasteiger partial charge in [0.1, 0.15) is 0 Å². The Labute approximate surface area is 112 Å². The van der Waals surface area contributed by atoms with Crippen molar-refractivity contribution in [2.45, 2.75) is 6.92 Å². The van der Waals surface area contributed by atoms with E-state index in [2.05, 4.69) is 26.2 Å². The van der Waals surface area contributed by atoms with E-state index < -0.39 is 5.95 Å². The highest BCUT2D eigenvalue weighted by atomic mass is 79.9. The summed E-state index contributed by atoms with van der Waals surface area (Å²) in [6, 6.07) is 8.09. The minimum Gasteiger partial charge on any atom is -0.321 e. The van der Waals surface area contributed by atoms with Crippen LogP contribution >= 0.6 is 15.9 Å². The third-order valence-corrected chi connectivity index (χ3v) is 3.01. The Morgan fingerprint density at radius 1 is 1.33 bits per heavy atom. The lowest BCUT2D eigenvalue weighted by molar-refractivity contribution is 0.102. The second-order valence-electron chi connectivity index (χ2n) is 3.81. The molecule has 0 atom stereocenters. The van der Waals surface area contributed by atoms with Crippen LogP contribution in [0.3, 0.4) is 0 Å². The van der Waals surface area contributed by atoms with E-state index in [1.54, 1.807) is 6.07 Å². The normalized spacial score (nSPS) is 10.2. The molecule has 0 aliphatic heterocycles. The molecular formula is C13H10BrFN2O. The zero-order valence-electron chi connectivity index (χ0n) is 9.58. The van der Waals surface area contributed by atoms with E-state index in [1.165, 1.54) is 18.3 Å². The molecule has 0 unspecified atom stereocenters. The summed E-state index contributed by atoms with van der Waals surface area (Å²) >= 11 is 3.34. The first kappa shape index (κ1) is 12.7. The van der Waals surface area contributed by atoms with Crippen molar-refractivity contribution in [1.29, 1.82) is 0 Å². The van der Waals surface area contributed by atoms with Gasteiger partial charge < -0.3 is 5.32 Å². The van der Waals surface area contributed by atoms with E-state index in [0.29, 0.717) is 11.3 Å². The maximum Gasteiger partial charge on any atom is 0.256 e. The molecule has 0 spiro atoms. The predicted octanol–water partition coefficient (Wildman–Crippen LogP) is 3.54. The van der Waals surface area contributed by atoms with E-state index in [9.17, 15) is 9.18 Å². The first-order valence-corrected chi connectivity index (χ1v) is 6.04. The molecule has 1 aromatic heterocycles. The summed E-state index contributed by atoms with van der Waals surface area (Å²) < 4.78 is 13.3. The van der Waals surface area contributed by atoms with Crippen LogP contribution in [0.15, 0.2) is 41.0 Å². The molecule has 0 saturated heterocycles. The number of halogens is 2. The number of hydrogen-bond acceptors (Lipinski definition) is 2. The summed E-state index contributed by atoms with van der Waals surface area (Å²) in [5.41, 5.74) is 2.03. The van der Waals surface area contributed by atoms with Crippen LogP contribution in [0, 0.1) is 12.9 Å². The highest BCUT2D eigenvalue weighted by molar-refractivity contribution is 9.10. The van der Waals surface area contributed by atoms with Crippen LogP contribution in [-0.4, -0.2) is 10.9 Å². The van der Waals surface area contributed by atoms with Crippen LogP contribution in [0.5, 0.6) is 0 Å². The smallest absolute Gasteiger partial charge is 0.256 e. The predicted molar refractivity (Wildman–Crippen MR) is 71.0 cm³/mol. The molecule has 0 radical (unpaired) electrons. The van der Waals surface area contributed by atoms with Crippen molar-refractivity contribution in [3.8, 4) is 0 Å². The van der Waals surface area contributed by atoms with Crippen LogP contribution in [0.4, 0.5) is 10.1 Å². The van der Waals surface area contributed by atoms with E-state index in [0.717, 1.165) is 10.0 Å². The molecule has 5 heteroatoms. The van der Waals surface area contributed by atoms with Crippen molar-refractivity contribution in [3.05, 3.63) is 58.1 Å². The molecule has 0 aliphatic carbocycles. The van der Waals surface area contributed by atoms with E-state index in [4.69, 9.17) is 0 Å². The number of amides is 1. The summed E-state index contributed by atoms with van der Waals surface area (Å²) in [7, 11) is 0. The molecule has 0 fully saturated rings. The van der Waals surface area contributed by atoms with Gasteiger partial charge in [-0.15, -0.1) is 0 Å². The Balaban J connectivity index is 2.19. The summed E-state index contributed by atoms with van der Waals surface area (Å²) in [5.74, 6) is -0.847. The lowest BCUT2D eigenvalue weighted by Gasteiger charge is -2.07. The third kappa shape index (κ3) is 2.92. The van der Waals surface area contributed by atoms with Crippen LogP contribution in [0.25, 0.3) is 0 Å². The molecule has 1 N–H and O–H groups in total. The van der Waals surface area contributed by atoms with Gasteiger partial charge >= 0.3 is 0 Å². The molecule has 3 nitrogen and oxygen atoms in total. The number of rotatable bonds is 2. The van der Waals surface area contributed by atoms with E-state index in [-0.39, 0.29) is 5.91 Å². The van der Waals surface area contributed by atoms with Crippen molar-refractivity contribution >= 4 is 27.5 Å². The van der Waals surface area contributed by atoms with Gasteiger partial charge in [-0.1, -0.05) is 6.07 Å². The number of carbonyl (C=O) groups is 1. The Hall–Kier alpha value is -1.75. The van der Waals surface area contributed by atoms with E-state index >= 15 is 0 Å². The fourth-order valence-corrected chi connectivity index (χ4v) is 2.13. The fraction of sp³-hybridized carbons (Fsp3) is 0.0769. The second-order valence-corrected chi connectivity index (χ2v) is 4.66. The van der Waals surface area contributed by atoms with Gasteiger partial charge in [-0.05, 0) is 52.7 Å². The molecule has 1 aromatic carbocycles. The monoisotopic (exact) mass is 308 g/mol. The van der Waals surface area contributed by atoms with Gasteiger partial charge in [-0.2, -0.15) is 4.39 Å². The standard InChI is InChI=1S/C13H10BrFN2O/c1-8-2-4-10(11(14)6-8)13(18)17-9-3-5-12(15)16-7-9/h2-7H,1H3,(H,17,18). The first-order valence-electron chi connectivity index (χ1n) is 5.25. The van der Waals surface area contributed by atoms with Crippen molar-refractivity contribution in [2.75, 3.05) is 5.32 Å². The molecule has 0 aliphatic rings. The van der Waals surface area contributed by atoms with Crippen LogP contribution < -0.4 is 5.32 Å². The summed E-state index contributed by atoms with van der Waals surface area (Å²) in [5, 5.41) is 2.65. The number of hydrogen-bond donors (Lipinski definition) is 1. The second kappa shape index (κ2) is 5.27. The van der Waals surface area contributed by atoms with Crippen LogP contribution in [0.1, 0.15) is 15.9 Å². The maximum absolute atomic E-state index is 12.6. The molecule has 1 heterocycles. The van der Waals surface area contributed by atoms with Gasteiger partial charge in [-0.25, -0.2) is 4.98 Å². The molecule has 2 rings (SSSR count). The largest absolute Gasteiger partial charge is 0.321 e. The maximum atomic E-state index is 12.6. The average Bonchev–Trinajstić information content (AvgIpc) is 2.32. The molecule has 0 saturated carbocycles. The van der Waals surface area contributed by atoms with Gasteiger partial charge in [0.15, 0.2) is 0 Å². The Bertz CT molecular complexity index is 584. The zero-order chi connectivity index (χ0) is 13.1. The summed E-state index contributed by atoms with van der Waals surface area (Å²) in [6.07, 6.45) is 1.27. The zero-order valence-corrected chi connectivity index (χ0v) is 11.2. The Morgan fingerprint density at radius 2 is 2.11 bits per heavy atom. The van der Waals surface area contributed by atoms with Gasteiger partial charge in [0.2, 0.25) is 5.95 Å². The molecule has 1 amide bonds. The fourth-order valence-electron chi connectivity index (χ4n) is 1.45. The molecule has 0 bridgehead atoms. The number of anilines is 1. The average molecular weight is 309 g/mol. The van der Waals surface area contributed by atoms with Crippen LogP contribution in [-0.2, 0) is 0 Å². The first-order chi connectivity index (χ1) is 8.56. The van der Waals surface area contributed by atoms with Gasteiger partial charge in [-0.3, -0.25) is 4.79 Å². The quantitative estimate of drug-likeness (QED) is 0.862. The number of nitrogens with one attached hydrogen (secondary N) is 1. The van der Waals surface area contributed by atoms with Gasteiger partial charge in [0.05, 0.1) is 17.4 Å². The number of carbonyl (C=O) groups excluding carboxylic acids is 1. The molecular weight excluding hydrogens is 299 g/mol. The lowest BCUT2D eigenvalue weighted by Crippen LogP contribution is -2.12. The highest BCUT2D eigenvalue weighted by Crippen LogP contribution is 2.19. The molecule has 18 heavy (non-hydrogen) atoms. The molecule has 2 aromatic rings.